The number of carbonyl (C=O) groups is 1. The SMILES string of the molecule is Cc1cccc(O)c1C(=O)OP(=O)(O)OC[C@@H]1O[C@@H](n2cnc3c(N)ncnc32)[C@H](O)[C@@H]1O. The molecule has 0 amide bonds. The number of phenols is 1. The van der Waals surface area contributed by atoms with E-state index in [1.807, 2.05) is 0 Å². The first-order valence-electron chi connectivity index (χ1n) is 9.53. The highest BCUT2D eigenvalue weighted by molar-refractivity contribution is 7.48. The molecule has 1 aliphatic rings. The van der Waals surface area contributed by atoms with Gasteiger partial charge in [0.25, 0.3) is 0 Å². The highest BCUT2D eigenvalue weighted by atomic mass is 31.2. The van der Waals surface area contributed by atoms with Gasteiger partial charge in [0, 0.05) is 0 Å². The summed E-state index contributed by atoms with van der Waals surface area (Å²) in [6, 6.07) is 4.21. The molecule has 1 aliphatic heterocycles. The van der Waals surface area contributed by atoms with Gasteiger partial charge >= 0.3 is 13.8 Å². The quantitative estimate of drug-likeness (QED) is 0.294. The Morgan fingerprint density at radius 2 is 2.03 bits per heavy atom. The summed E-state index contributed by atoms with van der Waals surface area (Å²) in [5.41, 5.74) is 6.25. The van der Waals surface area contributed by atoms with E-state index in [1.165, 1.54) is 42.3 Å². The van der Waals surface area contributed by atoms with E-state index in [9.17, 15) is 29.6 Å². The van der Waals surface area contributed by atoms with Crippen molar-refractivity contribution in [1.82, 2.24) is 19.5 Å². The molecule has 1 unspecified atom stereocenters. The van der Waals surface area contributed by atoms with E-state index in [-0.39, 0.29) is 22.5 Å². The molecular formula is C18H20N5O9P. The van der Waals surface area contributed by atoms with Crippen LogP contribution in [0.4, 0.5) is 5.82 Å². The molecule has 14 nitrogen and oxygen atoms in total. The lowest BCUT2D eigenvalue weighted by Crippen LogP contribution is -2.33. The minimum absolute atomic E-state index is 0.106. The number of nitrogen functional groups attached to an aromatic ring is 1. The standard InChI is InChI=1S/C18H20N5O9P/c1-8-3-2-4-9(24)11(8)18(27)32-33(28,29)30-5-10-13(25)14(26)17(31-10)23-7-22-12-15(19)20-6-21-16(12)23/h2-4,6-7,10,13-14,17,24-26H,5H2,1H3,(H,28,29)(H2,19,20,21)/t10-,13+,14+,17+/m0/s1. The van der Waals surface area contributed by atoms with Gasteiger partial charge in [0.15, 0.2) is 17.7 Å². The van der Waals surface area contributed by atoms with Crippen molar-refractivity contribution < 1.29 is 43.4 Å². The maximum absolute atomic E-state index is 12.3. The Morgan fingerprint density at radius 1 is 1.27 bits per heavy atom. The molecule has 0 spiro atoms. The Balaban J connectivity index is 1.44. The number of anilines is 1. The van der Waals surface area contributed by atoms with Crippen molar-refractivity contribution >= 4 is 30.8 Å². The average Bonchev–Trinajstić information content (AvgIpc) is 3.29. The lowest BCUT2D eigenvalue weighted by Gasteiger charge is -2.18. The van der Waals surface area contributed by atoms with E-state index in [1.54, 1.807) is 0 Å². The number of benzene rings is 1. The van der Waals surface area contributed by atoms with Crippen molar-refractivity contribution in [3.8, 4) is 5.75 Å². The van der Waals surface area contributed by atoms with Crippen LogP contribution in [0, 0.1) is 6.92 Å². The first-order valence-corrected chi connectivity index (χ1v) is 11.0. The van der Waals surface area contributed by atoms with Crippen molar-refractivity contribution in [3.63, 3.8) is 0 Å². The zero-order valence-electron chi connectivity index (χ0n) is 17.0. The average molecular weight is 481 g/mol. The predicted molar refractivity (Wildman–Crippen MR) is 110 cm³/mol. The van der Waals surface area contributed by atoms with Gasteiger partial charge in [-0.25, -0.2) is 24.3 Å². The van der Waals surface area contributed by atoms with Crippen molar-refractivity contribution in [3.05, 3.63) is 42.0 Å². The van der Waals surface area contributed by atoms with E-state index in [2.05, 4.69) is 19.5 Å². The van der Waals surface area contributed by atoms with Crippen LogP contribution in [0.3, 0.4) is 0 Å². The van der Waals surface area contributed by atoms with Gasteiger partial charge in [0.05, 0.1) is 12.9 Å². The van der Waals surface area contributed by atoms with Crippen LogP contribution < -0.4 is 5.73 Å². The number of hydrogen-bond donors (Lipinski definition) is 5. The predicted octanol–water partition coefficient (Wildman–Crippen LogP) is 0.0157. The summed E-state index contributed by atoms with van der Waals surface area (Å²) in [5.74, 6) is -1.60. The first kappa shape index (κ1) is 23.0. The summed E-state index contributed by atoms with van der Waals surface area (Å²) in [6.07, 6.45) is -2.96. The highest BCUT2D eigenvalue weighted by Crippen LogP contribution is 2.46. The number of hydrogen-bond acceptors (Lipinski definition) is 12. The Bertz CT molecular complexity index is 1230. The number of phosphoric ester groups is 1. The zero-order valence-corrected chi connectivity index (χ0v) is 17.9. The number of nitrogens with zero attached hydrogens (tertiary/aromatic N) is 4. The zero-order chi connectivity index (χ0) is 23.9. The van der Waals surface area contributed by atoms with Crippen molar-refractivity contribution in [2.45, 2.75) is 31.5 Å². The number of rotatable bonds is 6. The van der Waals surface area contributed by atoms with E-state index in [0.717, 1.165) is 0 Å². The largest absolute Gasteiger partial charge is 0.529 e. The van der Waals surface area contributed by atoms with E-state index < -0.39 is 50.7 Å². The number of fused-ring (bicyclic) bond motifs is 1. The lowest BCUT2D eigenvalue weighted by molar-refractivity contribution is -0.0508. The number of phenolic OH excluding ortho intramolecular Hbond substituents is 1. The highest BCUT2D eigenvalue weighted by Gasteiger charge is 2.45. The minimum atomic E-state index is -4.97. The molecule has 1 aromatic carbocycles. The topological polar surface area (TPSA) is 212 Å². The fraction of sp³-hybridized carbons (Fsp3) is 0.333. The Hall–Kier alpha value is -3.13. The minimum Gasteiger partial charge on any atom is -0.507 e. The van der Waals surface area contributed by atoms with Crippen LogP contribution >= 0.6 is 7.82 Å². The van der Waals surface area contributed by atoms with Crippen LogP contribution in [-0.4, -0.2) is 70.6 Å². The summed E-state index contributed by atoms with van der Waals surface area (Å²) in [4.78, 5) is 34.1. The number of imidazole rings is 1. The number of aliphatic hydroxyl groups is 2. The van der Waals surface area contributed by atoms with Gasteiger partial charge in [-0.3, -0.25) is 14.0 Å². The van der Waals surface area contributed by atoms with Gasteiger partial charge in [0.1, 0.15) is 41.5 Å². The maximum Gasteiger partial charge on any atom is 0.529 e. The molecule has 0 radical (unpaired) electrons. The fourth-order valence-corrected chi connectivity index (χ4v) is 4.10. The van der Waals surface area contributed by atoms with E-state index in [4.69, 9.17) is 15.0 Å². The molecule has 5 atom stereocenters. The van der Waals surface area contributed by atoms with Crippen LogP contribution in [-0.2, 0) is 18.3 Å². The molecule has 2 aromatic heterocycles. The van der Waals surface area contributed by atoms with Crippen molar-refractivity contribution in [1.29, 1.82) is 0 Å². The monoisotopic (exact) mass is 481 g/mol. The molecule has 15 heteroatoms. The number of aliphatic hydroxyl groups excluding tert-OH is 2. The lowest BCUT2D eigenvalue weighted by atomic mass is 10.1. The number of carbonyl (C=O) groups excluding carboxylic acids is 1. The smallest absolute Gasteiger partial charge is 0.507 e. The molecule has 3 heterocycles. The van der Waals surface area contributed by atoms with Crippen LogP contribution in [0.5, 0.6) is 5.75 Å². The second-order valence-corrected chi connectivity index (χ2v) is 8.62. The molecular weight excluding hydrogens is 461 g/mol. The molecule has 176 valence electrons. The normalized spacial score (nSPS) is 24.6. The molecule has 1 fully saturated rings. The summed E-state index contributed by atoms with van der Waals surface area (Å²) < 4.78 is 28.5. The summed E-state index contributed by atoms with van der Waals surface area (Å²) in [7, 11) is -4.97. The van der Waals surface area contributed by atoms with Gasteiger partial charge in [0.2, 0.25) is 0 Å². The molecule has 6 N–H and O–H groups in total. The molecule has 3 aromatic rings. The number of ether oxygens (including phenoxy) is 1. The molecule has 0 bridgehead atoms. The van der Waals surface area contributed by atoms with Crippen LogP contribution in [0.1, 0.15) is 22.1 Å². The molecule has 1 saturated heterocycles. The van der Waals surface area contributed by atoms with Crippen LogP contribution in [0.25, 0.3) is 11.2 Å². The number of nitrogens with two attached hydrogens (primary N) is 1. The first-order chi connectivity index (χ1) is 15.6. The van der Waals surface area contributed by atoms with Gasteiger partial charge in [-0.2, -0.15) is 0 Å². The van der Waals surface area contributed by atoms with Crippen LogP contribution in [0.15, 0.2) is 30.9 Å². The van der Waals surface area contributed by atoms with Crippen LogP contribution in [0.2, 0.25) is 0 Å². The van der Waals surface area contributed by atoms with E-state index in [0.29, 0.717) is 5.56 Å². The number of phosphoric acid groups is 1. The number of aryl methyl sites for hydroxylation is 1. The summed E-state index contributed by atoms with van der Waals surface area (Å²) in [6.45, 7) is 0.793. The second-order valence-electron chi connectivity index (χ2n) is 7.24. The third-order valence-electron chi connectivity index (χ3n) is 5.05. The maximum atomic E-state index is 12.3. The molecule has 0 saturated carbocycles. The van der Waals surface area contributed by atoms with Gasteiger partial charge in [-0.1, -0.05) is 12.1 Å². The Labute approximate surface area is 185 Å². The number of aromatic nitrogens is 4. The fourth-order valence-electron chi connectivity index (χ4n) is 3.42. The third-order valence-corrected chi connectivity index (χ3v) is 5.93. The van der Waals surface area contributed by atoms with Gasteiger partial charge in [-0.05, 0) is 18.6 Å². The number of aromatic hydroxyl groups is 1. The van der Waals surface area contributed by atoms with Gasteiger partial charge < -0.3 is 30.3 Å². The second kappa shape index (κ2) is 8.67. The summed E-state index contributed by atoms with van der Waals surface area (Å²) >= 11 is 0. The van der Waals surface area contributed by atoms with Crippen molar-refractivity contribution in [2.24, 2.45) is 0 Å². The molecule has 4 rings (SSSR count). The van der Waals surface area contributed by atoms with E-state index >= 15 is 0 Å². The third kappa shape index (κ3) is 4.39. The summed E-state index contributed by atoms with van der Waals surface area (Å²) in [5, 5.41) is 30.6. The molecule has 0 aliphatic carbocycles. The molecule has 33 heavy (non-hydrogen) atoms. The Kier molecular flexibility index (Phi) is 6.05. The van der Waals surface area contributed by atoms with Crippen molar-refractivity contribution in [2.75, 3.05) is 12.3 Å². The Morgan fingerprint density at radius 3 is 2.76 bits per heavy atom. The van der Waals surface area contributed by atoms with Gasteiger partial charge in [-0.15, -0.1) is 0 Å².